The highest BCUT2D eigenvalue weighted by Crippen LogP contribution is 2.46. The molecule has 4 saturated carbocycles. The lowest BCUT2D eigenvalue weighted by molar-refractivity contribution is -0.142. The molecular weight excluding hydrogens is 789 g/mol. The van der Waals surface area contributed by atoms with Crippen LogP contribution >= 0.6 is 0 Å². The minimum atomic E-state index is -3.91. The first-order chi connectivity index (χ1) is 29.0. The molecule has 1 aromatic heterocycles. The second kappa shape index (κ2) is 17.7. The van der Waals surface area contributed by atoms with Gasteiger partial charge in [0.1, 0.15) is 35.6 Å². The first kappa shape index (κ1) is 42.0. The number of nitrogens with two attached hydrogens (primary N) is 1. The minimum Gasteiger partial charge on any atom is -0.492 e. The van der Waals surface area contributed by atoms with E-state index >= 15 is 0 Å². The van der Waals surface area contributed by atoms with E-state index in [2.05, 4.69) is 34.1 Å². The third kappa shape index (κ3) is 8.86. The highest BCUT2D eigenvalue weighted by Gasteiger charge is 2.62. The Bertz CT molecular complexity index is 2120. The van der Waals surface area contributed by atoms with E-state index in [1.807, 2.05) is 24.3 Å². The fraction of sp³-hybridized carbons (Fsp3) is 0.614. The van der Waals surface area contributed by atoms with Crippen LogP contribution in [0.25, 0.3) is 10.9 Å². The van der Waals surface area contributed by atoms with E-state index in [1.165, 1.54) is 11.0 Å². The Balaban J connectivity index is 1.16. The van der Waals surface area contributed by atoms with Crippen LogP contribution in [0.15, 0.2) is 49.1 Å². The molecule has 1 saturated heterocycles. The molecule has 3 heterocycles. The number of nitrogens with zero attached hydrogens (tertiary/aromatic N) is 2. The molecule has 0 radical (unpaired) electrons. The van der Waals surface area contributed by atoms with Gasteiger partial charge in [0.25, 0.3) is 5.91 Å². The highest BCUT2D eigenvalue weighted by atomic mass is 32.2. The Hall–Kier alpha value is -4.70. The summed E-state index contributed by atoms with van der Waals surface area (Å²) in [6.45, 7) is 4.65. The monoisotopic (exact) mass is 846 g/mol. The first-order valence-electron chi connectivity index (χ1n) is 21.9. The van der Waals surface area contributed by atoms with Crippen LogP contribution < -0.4 is 30.6 Å². The molecule has 16 heteroatoms. The van der Waals surface area contributed by atoms with Gasteiger partial charge in [0.15, 0.2) is 0 Å². The van der Waals surface area contributed by atoms with Gasteiger partial charge in [0.05, 0.1) is 29.5 Å². The molecule has 2 aliphatic heterocycles. The molecular formula is C44H58N6O9S. The average Bonchev–Trinajstić information content (AvgIpc) is 4.02. The van der Waals surface area contributed by atoms with Gasteiger partial charge in [-0.2, -0.15) is 0 Å². The molecule has 0 spiro atoms. The zero-order valence-electron chi connectivity index (χ0n) is 34.1. The number of aromatic nitrogens is 1. The number of carbonyl (C=O) groups excluding carboxylic acids is 4. The number of hydrogen-bond acceptors (Lipinski definition) is 11. The number of carbonyl (C=O) groups is 4. The number of hydrogen-bond donors (Lipinski definition) is 4. The van der Waals surface area contributed by atoms with Gasteiger partial charge >= 0.3 is 6.09 Å². The van der Waals surface area contributed by atoms with Gasteiger partial charge in [-0.15, -0.1) is 6.58 Å². The van der Waals surface area contributed by atoms with Gasteiger partial charge in [-0.3, -0.25) is 19.1 Å². The van der Waals surface area contributed by atoms with Crippen molar-refractivity contribution in [2.75, 3.05) is 19.7 Å². The van der Waals surface area contributed by atoms with Crippen molar-refractivity contribution in [3.8, 4) is 11.6 Å². The summed E-state index contributed by atoms with van der Waals surface area (Å²) >= 11 is 0. The predicted octanol–water partition coefficient (Wildman–Crippen LogP) is 4.33. The molecule has 15 nitrogen and oxygen atoms in total. The molecule has 4 aliphatic carbocycles. The van der Waals surface area contributed by atoms with Crippen molar-refractivity contribution in [3.05, 3.63) is 54.6 Å². The molecule has 2 bridgehead atoms. The SMILES string of the molecule is C=C[C@@H]1C[C@]1(NC(=O)[C@@H]1CC2CN1C(=O)[C@H](C1CCCC1)NC(=O)O[C@@H]1CCC[C@H]1CC/C=C/Cc1c(nc3ccccc3c1OCCCN)O2)C(=O)NS(=O)(=O)C1CC1. The van der Waals surface area contributed by atoms with Gasteiger partial charge in [0.2, 0.25) is 27.7 Å². The third-order valence-electron chi connectivity index (χ3n) is 13.3. The minimum absolute atomic E-state index is 0.0190. The number of ether oxygens (including phenoxy) is 3. The molecule has 8 rings (SSSR count). The molecule has 5 fully saturated rings. The van der Waals surface area contributed by atoms with Crippen LogP contribution in [0, 0.1) is 17.8 Å². The van der Waals surface area contributed by atoms with Crippen molar-refractivity contribution < 1.29 is 41.8 Å². The summed E-state index contributed by atoms with van der Waals surface area (Å²) in [5.74, 6) is -1.47. The van der Waals surface area contributed by atoms with E-state index in [0.717, 1.165) is 68.7 Å². The molecule has 324 valence electrons. The Morgan fingerprint density at radius 1 is 1.03 bits per heavy atom. The lowest BCUT2D eigenvalue weighted by Gasteiger charge is -2.32. The number of amides is 4. The lowest BCUT2D eigenvalue weighted by Crippen LogP contribution is -2.59. The summed E-state index contributed by atoms with van der Waals surface area (Å²) < 4.78 is 47.2. The highest BCUT2D eigenvalue weighted by molar-refractivity contribution is 7.91. The van der Waals surface area contributed by atoms with Gasteiger partial charge in [-0.05, 0) is 108 Å². The number of allylic oxidation sites excluding steroid dienone is 2. The van der Waals surface area contributed by atoms with Crippen molar-refractivity contribution in [1.82, 2.24) is 25.2 Å². The van der Waals surface area contributed by atoms with Gasteiger partial charge in [0, 0.05) is 17.7 Å². The van der Waals surface area contributed by atoms with Crippen LogP contribution in [0.3, 0.4) is 0 Å². The van der Waals surface area contributed by atoms with Gasteiger partial charge in [-0.1, -0.05) is 43.2 Å². The number of para-hydroxylation sites is 1. The van der Waals surface area contributed by atoms with E-state index in [9.17, 15) is 27.6 Å². The van der Waals surface area contributed by atoms with Crippen LogP contribution in [0.5, 0.6) is 11.6 Å². The van der Waals surface area contributed by atoms with Crippen molar-refractivity contribution in [3.63, 3.8) is 0 Å². The number of rotatable bonds is 11. The number of fused-ring (bicyclic) bond motifs is 5. The molecule has 4 amide bonds. The quantitative estimate of drug-likeness (QED) is 0.185. The zero-order valence-corrected chi connectivity index (χ0v) is 35.0. The second-order valence-electron chi connectivity index (χ2n) is 17.5. The van der Waals surface area contributed by atoms with E-state index in [0.29, 0.717) is 56.0 Å². The van der Waals surface area contributed by atoms with Crippen LogP contribution in [-0.4, -0.2) is 96.9 Å². The standard InChI is InChI=1S/C44H58N6O9S/c1-2-29-25-44(29,42(53)49-60(55,56)31-20-21-31)48-39(51)35-24-30-26-50(35)41(52)37(28-13-6-7-14-28)47-43(54)59-36-19-10-15-27(36)12-4-3-5-17-33-38(57-23-11-22-45)32-16-8-9-18-34(32)46-40(33)58-30/h2-3,5,8-9,16,18,27-31,35-37H,1,4,6-7,10-15,17,19-26,45H2,(H,47,54)(H,48,51)(H,49,53)/b5-3+/t27-,29-,30?,35+,36-,37+,44-/m1/s1. The fourth-order valence-electron chi connectivity index (χ4n) is 9.72. The Kier molecular flexibility index (Phi) is 12.4. The van der Waals surface area contributed by atoms with Gasteiger partial charge in [-0.25, -0.2) is 18.2 Å². The maximum Gasteiger partial charge on any atom is 0.408 e. The molecule has 60 heavy (non-hydrogen) atoms. The summed E-state index contributed by atoms with van der Waals surface area (Å²) in [4.78, 5) is 63.4. The van der Waals surface area contributed by atoms with E-state index in [-0.39, 0.29) is 37.3 Å². The van der Waals surface area contributed by atoms with Crippen LogP contribution in [-0.2, 0) is 35.6 Å². The number of sulfonamides is 1. The molecule has 5 N–H and O–H groups in total. The Morgan fingerprint density at radius 2 is 1.82 bits per heavy atom. The van der Waals surface area contributed by atoms with Crippen LogP contribution in [0.1, 0.15) is 95.5 Å². The summed E-state index contributed by atoms with van der Waals surface area (Å²) in [5, 5.41) is 6.00. The first-order valence-corrected chi connectivity index (χ1v) is 23.4. The summed E-state index contributed by atoms with van der Waals surface area (Å²) in [6.07, 6.45) is 13.7. The second-order valence-corrected chi connectivity index (χ2v) is 19.4. The molecule has 7 atom stereocenters. The average molecular weight is 847 g/mol. The van der Waals surface area contributed by atoms with Gasteiger partial charge < -0.3 is 35.5 Å². The van der Waals surface area contributed by atoms with Crippen LogP contribution in [0.2, 0.25) is 0 Å². The summed E-state index contributed by atoms with van der Waals surface area (Å²) in [5.41, 5.74) is 5.68. The van der Waals surface area contributed by atoms with E-state index in [4.69, 9.17) is 24.9 Å². The van der Waals surface area contributed by atoms with E-state index in [1.54, 1.807) is 0 Å². The predicted molar refractivity (Wildman–Crippen MR) is 223 cm³/mol. The molecule has 1 aromatic carbocycles. The number of benzene rings is 1. The maximum atomic E-state index is 15.0. The lowest BCUT2D eigenvalue weighted by atomic mass is 9.96. The Morgan fingerprint density at radius 3 is 2.57 bits per heavy atom. The molecule has 6 aliphatic rings. The summed E-state index contributed by atoms with van der Waals surface area (Å²) in [7, 11) is -3.91. The summed E-state index contributed by atoms with van der Waals surface area (Å²) in [6, 6.07) is 5.56. The maximum absolute atomic E-state index is 15.0. The van der Waals surface area contributed by atoms with Crippen molar-refractivity contribution in [1.29, 1.82) is 0 Å². The number of nitrogens with one attached hydrogen (secondary N) is 3. The largest absolute Gasteiger partial charge is 0.492 e. The number of alkyl carbamates (subject to hydrolysis) is 1. The molecule has 1 unspecified atom stereocenters. The molecule has 2 aromatic rings. The topological polar surface area (TPSA) is 208 Å². The van der Waals surface area contributed by atoms with Crippen molar-refractivity contribution >= 4 is 44.7 Å². The van der Waals surface area contributed by atoms with E-state index < -0.39 is 68.7 Å². The normalized spacial score (nSPS) is 30.4. The smallest absolute Gasteiger partial charge is 0.408 e. The third-order valence-corrected chi connectivity index (χ3v) is 15.1. The zero-order chi connectivity index (χ0) is 42.0. The van der Waals surface area contributed by atoms with Crippen molar-refractivity contribution in [2.24, 2.45) is 23.5 Å². The van der Waals surface area contributed by atoms with Crippen molar-refractivity contribution in [2.45, 2.75) is 131 Å². The number of pyridine rings is 1. The Labute approximate surface area is 351 Å². The fourth-order valence-corrected chi connectivity index (χ4v) is 11.1. The van der Waals surface area contributed by atoms with Crippen LogP contribution in [0.4, 0.5) is 4.79 Å².